The summed E-state index contributed by atoms with van der Waals surface area (Å²) < 4.78 is 5.24. The number of hydrogen-bond acceptors (Lipinski definition) is 2. The van der Waals surface area contributed by atoms with Crippen LogP contribution in [0.1, 0.15) is 32.8 Å². The van der Waals surface area contributed by atoms with Crippen molar-refractivity contribution in [2.45, 2.75) is 27.2 Å². The quantitative estimate of drug-likeness (QED) is 0.569. The van der Waals surface area contributed by atoms with Gasteiger partial charge < -0.3 is 4.74 Å². The van der Waals surface area contributed by atoms with Gasteiger partial charge in [0.25, 0.3) is 0 Å². The Kier molecular flexibility index (Phi) is 4.77. The van der Waals surface area contributed by atoms with Crippen molar-refractivity contribution in [3.63, 3.8) is 0 Å². The van der Waals surface area contributed by atoms with Gasteiger partial charge in [-0.3, -0.25) is 4.79 Å². The maximum absolute atomic E-state index is 11.5. The van der Waals surface area contributed by atoms with Crippen LogP contribution in [-0.4, -0.2) is 5.97 Å². The van der Waals surface area contributed by atoms with Crippen LogP contribution >= 0.6 is 0 Å². The highest BCUT2D eigenvalue weighted by Crippen LogP contribution is 2.15. The molecule has 0 amide bonds. The van der Waals surface area contributed by atoms with Crippen molar-refractivity contribution >= 4 is 12.0 Å². The van der Waals surface area contributed by atoms with E-state index in [9.17, 15) is 4.79 Å². The Morgan fingerprint density at radius 3 is 2.50 bits per heavy atom. The Balaban J connectivity index is 2.65. The minimum Gasteiger partial charge on any atom is -0.426 e. The molecule has 0 N–H and O–H groups in total. The smallest absolute Gasteiger partial charge is 0.314 e. The van der Waals surface area contributed by atoms with Gasteiger partial charge in [-0.05, 0) is 31.0 Å². The molecule has 0 saturated heterocycles. The fourth-order valence-corrected chi connectivity index (χ4v) is 1.22. The van der Waals surface area contributed by atoms with Gasteiger partial charge in [0.1, 0.15) is 5.75 Å². The summed E-state index contributed by atoms with van der Waals surface area (Å²) in [6.07, 6.45) is 4.77. The standard InChI is InChI=1S/C14H18O2/c1-4-6-12-7-9-13(10-8-12)16-14(15)11(3)5-2/h4,6-11H,5H2,1-3H3/b6-4-. The van der Waals surface area contributed by atoms with E-state index < -0.39 is 0 Å². The molecular formula is C14H18O2. The molecule has 1 atom stereocenters. The Bertz CT molecular complexity index is 363. The second kappa shape index (κ2) is 6.11. The Hall–Kier alpha value is -1.57. The fourth-order valence-electron chi connectivity index (χ4n) is 1.22. The van der Waals surface area contributed by atoms with Crippen molar-refractivity contribution in [1.82, 2.24) is 0 Å². The molecule has 0 fully saturated rings. The molecule has 16 heavy (non-hydrogen) atoms. The molecule has 1 rings (SSSR count). The van der Waals surface area contributed by atoms with Gasteiger partial charge in [-0.25, -0.2) is 0 Å². The molecule has 2 nitrogen and oxygen atoms in total. The van der Waals surface area contributed by atoms with Crippen LogP contribution in [-0.2, 0) is 4.79 Å². The number of carbonyl (C=O) groups excluding carboxylic acids is 1. The minimum atomic E-state index is -0.165. The molecule has 2 heteroatoms. The molecule has 0 radical (unpaired) electrons. The van der Waals surface area contributed by atoms with Gasteiger partial charge >= 0.3 is 5.97 Å². The van der Waals surface area contributed by atoms with Crippen molar-refractivity contribution < 1.29 is 9.53 Å². The number of carbonyl (C=O) groups is 1. The first-order valence-corrected chi connectivity index (χ1v) is 5.61. The first-order chi connectivity index (χ1) is 7.67. The largest absolute Gasteiger partial charge is 0.426 e. The van der Waals surface area contributed by atoms with Gasteiger partial charge in [0.05, 0.1) is 5.92 Å². The van der Waals surface area contributed by atoms with E-state index in [1.807, 2.05) is 57.2 Å². The lowest BCUT2D eigenvalue weighted by atomic mass is 10.1. The molecule has 1 unspecified atom stereocenters. The zero-order valence-electron chi connectivity index (χ0n) is 10.1. The summed E-state index contributed by atoms with van der Waals surface area (Å²) in [4.78, 5) is 11.5. The molecule has 0 heterocycles. The van der Waals surface area contributed by atoms with E-state index in [1.54, 1.807) is 0 Å². The first-order valence-electron chi connectivity index (χ1n) is 5.61. The summed E-state index contributed by atoms with van der Waals surface area (Å²) in [5.41, 5.74) is 1.10. The van der Waals surface area contributed by atoms with Crippen LogP contribution in [0.15, 0.2) is 30.3 Å². The van der Waals surface area contributed by atoms with E-state index in [0.717, 1.165) is 12.0 Å². The average Bonchev–Trinajstić information content (AvgIpc) is 2.31. The second-order valence-corrected chi connectivity index (χ2v) is 3.80. The lowest BCUT2D eigenvalue weighted by Crippen LogP contribution is -2.16. The number of esters is 1. The highest BCUT2D eigenvalue weighted by Gasteiger charge is 2.12. The average molecular weight is 218 g/mol. The van der Waals surface area contributed by atoms with Crippen LogP contribution in [0, 0.1) is 5.92 Å². The predicted octanol–water partition coefficient (Wildman–Crippen LogP) is 3.67. The van der Waals surface area contributed by atoms with Crippen LogP contribution in [0.5, 0.6) is 5.75 Å². The van der Waals surface area contributed by atoms with E-state index in [0.29, 0.717) is 5.75 Å². The highest BCUT2D eigenvalue weighted by atomic mass is 16.5. The van der Waals surface area contributed by atoms with E-state index >= 15 is 0 Å². The first kappa shape index (κ1) is 12.5. The van der Waals surface area contributed by atoms with E-state index in [1.165, 1.54) is 0 Å². The highest BCUT2D eigenvalue weighted by molar-refractivity contribution is 5.74. The monoisotopic (exact) mass is 218 g/mol. The summed E-state index contributed by atoms with van der Waals surface area (Å²) >= 11 is 0. The normalized spacial score (nSPS) is 12.7. The molecule has 1 aromatic carbocycles. The van der Waals surface area contributed by atoms with E-state index in [4.69, 9.17) is 4.74 Å². The third kappa shape index (κ3) is 3.54. The SMILES string of the molecule is C/C=C\c1ccc(OC(=O)C(C)CC)cc1. The lowest BCUT2D eigenvalue weighted by molar-refractivity contribution is -0.138. The molecule has 0 aromatic heterocycles. The van der Waals surface area contributed by atoms with E-state index in [-0.39, 0.29) is 11.9 Å². The maximum Gasteiger partial charge on any atom is 0.314 e. The number of rotatable bonds is 4. The van der Waals surface area contributed by atoms with Crippen LogP contribution in [0.2, 0.25) is 0 Å². The molecular weight excluding hydrogens is 200 g/mol. The Morgan fingerprint density at radius 2 is 2.00 bits per heavy atom. The van der Waals surface area contributed by atoms with Crippen LogP contribution in [0.3, 0.4) is 0 Å². The molecule has 1 aromatic rings. The molecule has 0 aliphatic carbocycles. The zero-order chi connectivity index (χ0) is 12.0. The summed E-state index contributed by atoms with van der Waals surface area (Å²) in [6, 6.07) is 7.49. The van der Waals surface area contributed by atoms with E-state index in [2.05, 4.69) is 0 Å². The third-order valence-corrected chi connectivity index (χ3v) is 2.47. The van der Waals surface area contributed by atoms with Gasteiger partial charge in [-0.2, -0.15) is 0 Å². The molecule has 0 aliphatic rings. The number of allylic oxidation sites excluding steroid dienone is 1. The van der Waals surface area contributed by atoms with Crippen molar-refractivity contribution in [3.05, 3.63) is 35.9 Å². The van der Waals surface area contributed by atoms with Gasteiger partial charge in [0.15, 0.2) is 0 Å². The van der Waals surface area contributed by atoms with Crippen molar-refractivity contribution in [2.75, 3.05) is 0 Å². The minimum absolute atomic E-state index is 0.0461. The van der Waals surface area contributed by atoms with Crippen LogP contribution in [0.25, 0.3) is 6.08 Å². The summed E-state index contributed by atoms with van der Waals surface area (Å²) in [5, 5.41) is 0. The number of benzene rings is 1. The van der Waals surface area contributed by atoms with Crippen molar-refractivity contribution in [1.29, 1.82) is 0 Å². The van der Waals surface area contributed by atoms with Crippen LogP contribution < -0.4 is 4.74 Å². The molecule has 0 aliphatic heterocycles. The third-order valence-electron chi connectivity index (χ3n) is 2.47. The molecule has 0 spiro atoms. The summed E-state index contributed by atoms with van der Waals surface area (Å²) in [5.74, 6) is 0.398. The Labute approximate surface area is 96.9 Å². The summed E-state index contributed by atoms with van der Waals surface area (Å²) in [7, 11) is 0. The topological polar surface area (TPSA) is 26.3 Å². The van der Waals surface area contributed by atoms with Crippen molar-refractivity contribution in [3.8, 4) is 5.75 Å². The molecule has 0 saturated carbocycles. The molecule has 86 valence electrons. The maximum atomic E-state index is 11.5. The summed E-state index contributed by atoms with van der Waals surface area (Å²) in [6.45, 7) is 5.81. The molecule has 0 bridgehead atoms. The van der Waals surface area contributed by atoms with Gasteiger partial charge in [-0.1, -0.05) is 38.1 Å². The van der Waals surface area contributed by atoms with Crippen LogP contribution in [0.4, 0.5) is 0 Å². The van der Waals surface area contributed by atoms with Gasteiger partial charge in [0, 0.05) is 0 Å². The second-order valence-electron chi connectivity index (χ2n) is 3.80. The van der Waals surface area contributed by atoms with Crippen molar-refractivity contribution in [2.24, 2.45) is 5.92 Å². The fraction of sp³-hybridized carbons (Fsp3) is 0.357. The van der Waals surface area contributed by atoms with Gasteiger partial charge in [0.2, 0.25) is 0 Å². The predicted molar refractivity (Wildman–Crippen MR) is 66.2 cm³/mol. The lowest BCUT2D eigenvalue weighted by Gasteiger charge is -2.08. The Morgan fingerprint density at radius 1 is 1.38 bits per heavy atom. The number of hydrogen-bond donors (Lipinski definition) is 0. The number of ether oxygens (including phenoxy) is 1. The zero-order valence-corrected chi connectivity index (χ0v) is 10.1. The van der Waals surface area contributed by atoms with Gasteiger partial charge in [-0.15, -0.1) is 0 Å².